The van der Waals surface area contributed by atoms with E-state index in [0.29, 0.717) is 5.69 Å². The maximum absolute atomic E-state index is 12.7. The lowest BCUT2D eigenvalue weighted by Crippen LogP contribution is -2.52. The fraction of sp³-hybridized carbons (Fsp3) is 0.583. The summed E-state index contributed by atoms with van der Waals surface area (Å²) < 4.78 is 32.1. The number of rotatable bonds is 4. The first-order chi connectivity index (χ1) is 9.50. The van der Waals surface area contributed by atoms with Crippen LogP contribution in [0.1, 0.15) is 6.92 Å². The van der Waals surface area contributed by atoms with Crippen LogP contribution in [0.4, 0.5) is 5.69 Å². The highest BCUT2D eigenvalue weighted by Crippen LogP contribution is 2.25. The zero-order valence-corrected chi connectivity index (χ0v) is 12.3. The number of hydrogen-bond acceptors (Lipinski definition) is 6. The van der Waals surface area contributed by atoms with Crippen LogP contribution in [0, 0.1) is 0 Å². The van der Waals surface area contributed by atoms with E-state index in [2.05, 4.69) is 10.3 Å². The number of morpholine rings is 1. The second-order valence-electron chi connectivity index (χ2n) is 4.67. The highest BCUT2D eigenvalue weighted by molar-refractivity contribution is 7.89. The Morgan fingerprint density at radius 1 is 1.60 bits per heavy atom. The molecule has 0 aromatic carbocycles. The number of aromatic nitrogens is 1. The van der Waals surface area contributed by atoms with Crippen LogP contribution in [-0.2, 0) is 14.8 Å². The van der Waals surface area contributed by atoms with Crippen molar-refractivity contribution >= 4 is 15.7 Å². The number of aliphatic hydroxyl groups excluding tert-OH is 1. The molecule has 2 unspecified atom stereocenters. The molecule has 0 amide bonds. The molecule has 112 valence electrons. The van der Waals surface area contributed by atoms with E-state index in [4.69, 9.17) is 9.84 Å². The normalized spacial score (nSPS) is 24.6. The molecule has 2 heterocycles. The van der Waals surface area contributed by atoms with Gasteiger partial charge in [0.15, 0.2) is 5.03 Å². The maximum Gasteiger partial charge on any atom is 0.263 e. The number of aliphatic hydroxyl groups is 1. The summed E-state index contributed by atoms with van der Waals surface area (Å²) in [5, 5.41) is 12.0. The van der Waals surface area contributed by atoms with Crippen molar-refractivity contribution < 1.29 is 18.3 Å². The molecule has 2 rings (SSSR count). The predicted octanol–water partition coefficient (Wildman–Crippen LogP) is -0.106. The fourth-order valence-electron chi connectivity index (χ4n) is 2.13. The minimum absolute atomic E-state index is 0.00654. The number of ether oxygens (including phenoxy) is 1. The third-order valence-corrected chi connectivity index (χ3v) is 5.19. The average Bonchev–Trinajstić information content (AvgIpc) is 2.47. The van der Waals surface area contributed by atoms with Crippen LogP contribution in [0.2, 0.25) is 0 Å². The van der Waals surface area contributed by atoms with Crippen LogP contribution in [-0.4, -0.2) is 61.8 Å². The van der Waals surface area contributed by atoms with E-state index in [-0.39, 0.29) is 30.8 Å². The molecule has 7 nitrogen and oxygen atoms in total. The number of nitrogens with one attached hydrogen (secondary N) is 1. The summed E-state index contributed by atoms with van der Waals surface area (Å²) in [6.07, 6.45) is 0.949. The smallest absolute Gasteiger partial charge is 0.263 e. The number of sulfonamides is 1. The van der Waals surface area contributed by atoms with Crippen molar-refractivity contribution in [1.29, 1.82) is 0 Å². The molecule has 1 aromatic rings. The summed E-state index contributed by atoms with van der Waals surface area (Å²) in [6.45, 7) is 1.94. The van der Waals surface area contributed by atoms with Crippen molar-refractivity contribution in [1.82, 2.24) is 9.29 Å². The van der Waals surface area contributed by atoms with Gasteiger partial charge in [0, 0.05) is 25.8 Å². The Morgan fingerprint density at radius 3 is 3.00 bits per heavy atom. The van der Waals surface area contributed by atoms with Crippen LogP contribution in [0.5, 0.6) is 0 Å². The Bertz CT molecular complexity index is 564. The predicted molar refractivity (Wildman–Crippen MR) is 74.0 cm³/mol. The quantitative estimate of drug-likeness (QED) is 0.806. The molecule has 1 aliphatic heterocycles. The monoisotopic (exact) mass is 301 g/mol. The first kappa shape index (κ1) is 15.2. The lowest BCUT2D eigenvalue weighted by Gasteiger charge is -2.36. The van der Waals surface area contributed by atoms with E-state index < -0.39 is 16.1 Å². The lowest BCUT2D eigenvalue weighted by atomic mass is 10.2. The Labute approximate surface area is 118 Å². The van der Waals surface area contributed by atoms with Crippen molar-refractivity contribution in [2.75, 3.05) is 32.1 Å². The molecular weight excluding hydrogens is 282 g/mol. The van der Waals surface area contributed by atoms with E-state index >= 15 is 0 Å². The van der Waals surface area contributed by atoms with Gasteiger partial charge >= 0.3 is 0 Å². The number of pyridine rings is 1. The topological polar surface area (TPSA) is 91.8 Å². The molecule has 2 N–H and O–H groups in total. The third-order valence-electron chi connectivity index (χ3n) is 3.25. The molecule has 20 heavy (non-hydrogen) atoms. The highest BCUT2D eigenvalue weighted by atomic mass is 32.2. The number of nitrogens with zero attached hydrogens (tertiary/aromatic N) is 2. The van der Waals surface area contributed by atoms with E-state index in [1.54, 1.807) is 26.1 Å². The number of hydrogen-bond donors (Lipinski definition) is 2. The largest absolute Gasteiger partial charge is 0.394 e. The number of anilines is 1. The molecule has 0 bridgehead atoms. The second kappa shape index (κ2) is 6.04. The Balaban J connectivity index is 2.38. The van der Waals surface area contributed by atoms with Gasteiger partial charge < -0.3 is 15.2 Å². The van der Waals surface area contributed by atoms with E-state index in [0.717, 1.165) is 0 Å². The summed E-state index contributed by atoms with van der Waals surface area (Å²) in [5.74, 6) is 0. The minimum atomic E-state index is -3.73. The van der Waals surface area contributed by atoms with Gasteiger partial charge in [0.2, 0.25) is 0 Å². The van der Waals surface area contributed by atoms with Crippen LogP contribution < -0.4 is 5.32 Å². The molecule has 8 heteroatoms. The summed E-state index contributed by atoms with van der Waals surface area (Å²) in [6, 6.07) is 3.04. The Kier molecular flexibility index (Phi) is 4.59. The molecule has 1 fully saturated rings. The second-order valence-corrected chi connectivity index (χ2v) is 6.47. The van der Waals surface area contributed by atoms with Gasteiger partial charge in [-0.3, -0.25) is 0 Å². The molecule has 0 aliphatic carbocycles. The molecule has 0 saturated carbocycles. The van der Waals surface area contributed by atoms with Gasteiger partial charge in [-0.05, 0) is 19.1 Å². The highest BCUT2D eigenvalue weighted by Gasteiger charge is 2.37. The maximum atomic E-state index is 12.7. The summed E-state index contributed by atoms with van der Waals surface area (Å²) in [5.41, 5.74) is 0.451. The van der Waals surface area contributed by atoms with Crippen molar-refractivity contribution in [3.63, 3.8) is 0 Å². The van der Waals surface area contributed by atoms with Gasteiger partial charge in [-0.15, -0.1) is 0 Å². The average molecular weight is 301 g/mol. The van der Waals surface area contributed by atoms with Crippen molar-refractivity contribution in [3.05, 3.63) is 18.3 Å². The first-order valence-corrected chi connectivity index (χ1v) is 7.81. The fourth-order valence-corrected chi connectivity index (χ4v) is 3.90. The zero-order valence-electron chi connectivity index (χ0n) is 11.5. The van der Waals surface area contributed by atoms with Gasteiger partial charge in [0.05, 0.1) is 25.0 Å². The van der Waals surface area contributed by atoms with Crippen LogP contribution >= 0.6 is 0 Å². The van der Waals surface area contributed by atoms with Gasteiger partial charge in [-0.25, -0.2) is 13.4 Å². The molecule has 2 atom stereocenters. The van der Waals surface area contributed by atoms with Crippen molar-refractivity contribution in [2.24, 2.45) is 0 Å². The zero-order chi connectivity index (χ0) is 14.8. The molecule has 1 aliphatic rings. The summed E-state index contributed by atoms with van der Waals surface area (Å²) in [4.78, 5) is 3.99. The SMILES string of the molecule is CNc1cccnc1S(=O)(=O)N1CC(CO)OCC1C. The molecule has 0 spiro atoms. The standard InChI is InChI=1S/C12H19N3O4S/c1-9-8-19-10(7-16)6-15(9)20(17,18)12-11(13-2)4-3-5-14-12/h3-5,9-10,13,16H,6-8H2,1-2H3. The summed E-state index contributed by atoms with van der Waals surface area (Å²) >= 11 is 0. The Hall–Kier alpha value is -1.22. The van der Waals surface area contributed by atoms with Crippen LogP contribution in [0.25, 0.3) is 0 Å². The van der Waals surface area contributed by atoms with Gasteiger partial charge in [0.25, 0.3) is 10.0 Å². The third kappa shape index (κ3) is 2.78. The van der Waals surface area contributed by atoms with Crippen molar-refractivity contribution in [3.8, 4) is 0 Å². The van der Waals surface area contributed by atoms with Crippen LogP contribution in [0.15, 0.2) is 23.4 Å². The molecule has 0 radical (unpaired) electrons. The lowest BCUT2D eigenvalue weighted by molar-refractivity contribution is -0.0516. The van der Waals surface area contributed by atoms with E-state index in [9.17, 15) is 8.42 Å². The van der Waals surface area contributed by atoms with Crippen LogP contribution in [0.3, 0.4) is 0 Å². The molecule has 1 aromatic heterocycles. The molecule has 1 saturated heterocycles. The van der Waals surface area contributed by atoms with E-state index in [1.165, 1.54) is 10.5 Å². The van der Waals surface area contributed by atoms with Gasteiger partial charge in [-0.1, -0.05) is 0 Å². The van der Waals surface area contributed by atoms with Gasteiger partial charge in [-0.2, -0.15) is 4.31 Å². The van der Waals surface area contributed by atoms with Gasteiger partial charge in [0.1, 0.15) is 0 Å². The van der Waals surface area contributed by atoms with E-state index in [1.807, 2.05) is 0 Å². The minimum Gasteiger partial charge on any atom is -0.394 e. The molecular formula is C12H19N3O4S. The first-order valence-electron chi connectivity index (χ1n) is 6.37. The Morgan fingerprint density at radius 2 is 2.35 bits per heavy atom. The summed E-state index contributed by atoms with van der Waals surface area (Å²) in [7, 11) is -2.08. The van der Waals surface area contributed by atoms with Crippen molar-refractivity contribution in [2.45, 2.75) is 24.1 Å².